The Kier molecular flexibility index (Phi) is 6.87. The maximum absolute atomic E-state index is 12.0. The molecule has 0 radical (unpaired) electrons. The van der Waals surface area contributed by atoms with Gasteiger partial charge in [-0.3, -0.25) is 9.59 Å². The summed E-state index contributed by atoms with van der Waals surface area (Å²) in [6.45, 7) is 7.77. The smallest absolute Gasteiger partial charge is 0.345 e. The molecule has 0 saturated heterocycles. The summed E-state index contributed by atoms with van der Waals surface area (Å²) in [7, 11) is 0. The SMILES string of the molecule is Cc1ccc(NC(=O)CCNC(=O)CCc2c(C)nc(=O)[nH]c2C)c(C)c1. The van der Waals surface area contributed by atoms with Crippen molar-refractivity contribution >= 4 is 17.5 Å². The van der Waals surface area contributed by atoms with Gasteiger partial charge in [0.25, 0.3) is 0 Å². The van der Waals surface area contributed by atoms with Crippen LogP contribution in [0.3, 0.4) is 0 Å². The molecule has 0 aliphatic carbocycles. The number of nitrogens with zero attached hydrogens (tertiary/aromatic N) is 1. The minimum Gasteiger partial charge on any atom is -0.356 e. The number of nitrogens with one attached hydrogen (secondary N) is 3. The Labute approximate surface area is 158 Å². The van der Waals surface area contributed by atoms with E-state index in [0.717, 1.165) is 28.1 Å². The molecule has 2 rings (SSSR count). The van der Waals surface area contributed by atoms with Crippen molar-refractivity contribution in [3.63, 3.8) is 0 Å². The topological polar surface area (TPSA) is 104 Å². The van der Waals surface area contributed by atoms with Gasteiger partial charge in [0.1, 0.15) is 0 Å². The number of benzene rings is 1. The summed E-state index contributed by atoms with van der Waals surface area (Å²) in [5, 5.41) is 5.61. The number of carbonyl (C=O) groups is 2. The van der Waals surface area contributed by atoms with Crippen molar-refractivity contribution in [3.05, 3.63) is 56.8 Å². The number of hydrogen-bond donors (Lipinski definition) is 3. The molecule has 0 fully saturated rings. The highest BCUT2D eigenvalue weighted by Crippen LogP contribution is 2.16. The average molecular weight is 370 g/mol. The number of hydrogen-bond acceptors (Lipinski definition) is 4. The van der Waals surface area contributed by atoms with E-state index in [4.69, 9.17) is 0 Å². The molecule has 0 aliphatic rings. The molecular weight excluding hydrogens is 344 g/mol. The van der Waals surface area contributed by atoms with E-state index in [-0.39, 0.29) is 36.9 Å². The summed E-state index contributed by atoms with van der Waals surface area (Å²) >= 11 is 0. The van der Waals surface area contributed by atoms with Crippen molar-refractivity contribution in [3.8, 4) is 0 Å². The van der Waals surface area contributed by atoms with E-state index in [1.807, 2.05) is 32.0 Å². The number of H-pyrrole nitrogens is 1. The van der Waals surface area contributed by atoms with Gasteiger partial charge in [0.15, 0.2) is 0 Å². The number of anilines is 1. The first-order chi connectivity index (χ1) is 12.8. The van der Waals surface area contributed by atoms with E-state index in [2.05, 4.69) is 20.6 Å². The zero-order valence-electron chi connectivity index (χ0n) is 16.2. The van der Waals surface area contributed by atoms with E-state index in [1.165, 1.54) is 0 Å². The molecule has 0 spiro atoms. The van der Waals surface area contributed by atoms with E-state index >= 15 is 0 Å². The molecule has 1 aromatic heterocycles. The Balaban J connectivity index is 1.76. The second-order valence-electron chi connectivity index (χ2n) is 6.70. The lowest BCUT2D eigenvalue weighted by atomic mass is 10.1. The zero-order valence-corrected chi connectivity index (χ0v) is 16.2. The van der Waals surface area contributed by atoms with Gasteiger partial charge in [-0.15, -0.1) is 0 Å². The summed E-state index contributed by atoms with van der Waals surface area (Å²) in [6.07, 6.45) is 0.966. The zero-order chi connectivity index (χ0) is 20.0. The number of rotatable bonds is 7. The van der Waals surface area contributed by atoms with Gasteiger partial charge in [0.2, 0.25) is 11.8 Å². The predicted molar refractivity (Wildman–Crippen MR) is 105 cm³/mol. The van der Waals surface area contributed by atoms with Crippen LogP contribution in [0.2, 0.25) is 0 Å². The van der Waals surface area contributed by atoms with Crippen LogP contribution in [0, 0.1) is 27.7 Å². The van der Waals surface area contributed by atoms with Crippen LogP contribution in [0.1, 0.15) is 40.9 Å². The number of amides is 2. The Morgan fingerprint density at radius 3 is 2.48 bits per heavy atom. The van der Waals surface area contributed by atoms with Crippen LogP contribution >= 0.6 is 0 Å². The number of aromatic amines is 1. The van der Waals surface area contributed by atoms with Crippen molar-refractivity contribution in [1.82, 2.24) is 15.3 Å². The van der Waals surface area contributed by atoms with Crippen molar-refractivity contribution in [2.45, 2.75) is 47.0 Å². The lowest BCUT2D eigenvalue weighted by Gasteiger charge is -2.10. The van der Waals surface area contributed by atoms with Gasteiger partial charge in [0.05, 0.1) is 0 Å². The van der Waals surface area contributed by atoms with Gasteiger partial charge in [-0.1, -0.05) is 17.7 Å². The molecular formula is C20H26N4O3. The van der Waals surface area contributed by atoms with Gasteiger partial charge in [-0.2, -0.15) is 4.98 Å². The van der Waals surface area contributed by atoms with Crippen molar-refractivity contribution in [2.75, 3.05) is 11.9 Å². The fourth-order valence-corrected chi connectivity index (χ4v) is 2.93. The highest BCUT2D eigenvalue weighted by molar-refractivity contribution is 5.91. The molecule has 7 heteroatoms. The van der Waals surface area contributed by atoms with Gasteiger partial charge in [-0.25, -0.2) is 4.79 Å². The largest absolute Gasteiger partial charge is 0.356 e. The summed E-state index contributed by atoms with van der Waals surface area (Å²) in [5.74, 6) is -0.280. The second kappa shape index (κ2) is 9.12. The highest BCUT2D eigenvalue weighted by atomic mass is 16.2. The summed E-state index contributed by atoms with van der Waals surface area (Å²) in [6, 6.07) is 5.83. The van der Waals surface area contributed by atoms with E-state index in [0.29, 0.717) is 12.1 Å². The minimum atomic E-state index is -0.381. The van der Waals surface area contributed by atoms with Crippen molar-refractivity contribution in [2.24, 2.45) is 0 Å². The quantitative estimate of drug-likeness (QED) is 0.694. The molecule has 1 aromatic carbocycles. The van der Waals surface area contributed by atoms with Crippen molar-refractivity contribution < 1.29 is 9.59 Å². The molecule has 144 valence electrons. The molecule has 2 amide bonds. The van der Waals surface area contributed by atoms with Crippen LogP contribution in [0.15, 0.2) is 23.0 Å². The Morgan fingerprint density at radius 1 is 1.07 bits per heavy atom. The molecule has 3 N–H and O–H groups in total. The van der Waals surface area contributed by atoms with Crippen LogP contribution in [0.25, 0.3) is 0 Å². The lowest BCUT2D eigenvalue weighted by molar-refractivity contribution is -0.121. The van der Waals surface area contributed by atoms with Crippen LogP contribution in [0.4, 0.5) is 5.69 Å². The fourth-order valence-electron chi connectivity index (χ4n) is 2.93. The Hall–Kier alpha value is -2.96. The first kappa shape index (κ1) is 20.4. The molecule has 1 heterocycles. The minimum absolute atomic E-state index is 0.140. The third-order valence-corrected chi connectivity index (χ3v) is 4.39. The molecule has 27 heavy (non-hydrogen) atoms. The molecule has 0 unspecified atom stereocenters. The van der Waals surface area contributed by atoms with Gasteiger partial charge in [0, 0.05) is 36.5 Å². The number of aryl methyl sites for hydroxylation is 4. The maximum Gasteiger partial charge on any atom is 0.345 e. The molecule has 0 bridgehead atoms. The van der Waals surface area contributed by atoms with Gasteiger partial charge >= 0.3 is 5.69 Å². The average Bonchev–Trinajstić information content (AvgIpc) is 2.56. The summed E-state index contributed by atoms with van der Waals surface area (Å²) in [4.78, 5) is 41.8. The molecule has 7 nitrogen and oxygen atoms in total. The summed E-state index contributed by atoms with van der Waals surface area (Å²) < 4.78 is 0. The lowest BCUT2D eigenvalue weighted by Crippen LogP contribution is -2.28. The molecule has 0 aliphatic heterocycles. The molecule has 0 saturated carbocycles. The Morgan fingerprint density at radius 2 is 1.81 bits per heavy atom. The Bertz CT molecular complexity index is 876. The second-order valence-corrected chi connectivity index (χ2v) is 6.70. The van der Waals surface area contributed by atoms with Gasteiger partial charge in [-0.05, 0) is 51.3 Å². The number of aromatic nitrogens is 2. The van der Waals surface area contributed by atoms with Crippen LogP contribution in [-0.4, -0.2) is 28.3 Å². The van der Waals surface area contributed by atoms with Crippen LogP contribution in [-0.2, 0) is 16.0 Å². The highest BCUT2D eigenvalue weighted by Gasteiger charge is 2.10. The summed E-state index contributed by atoms with van der Waals surface area (Å²) in [5.41, 5.74) is 4.79. The van der Waals surface area contributed by atoms with Crippen LogP contribution < -0.4 is 16.3 Å². The van der Waals surface area contributed by atoms with E-state index in [1.54, 1.807) is 13.8 Å². The van der Waals surface area contributed by atoms with E-state index in [9.17, 15) is 14.4 Å². The predicted octanol–water partition coefficient (Wildman–Crippen LogP) is 2.08. The standard InChI is InChI=1S/C20H26N4O3/c1-12-5-7-17(13(2)11-12)24-19(26)9-10-21-18(25)8-6-16-14(3)22-20(27)23-15(16)4/h5,7,11H,6,8-10H2,1-4H3,(H,21,25)(H,24,26)(H,22,23,27). The van der Waals surface area contributed by atoms with Crippen LogP contribution in [0.5, 0.6) is 0 Å². The van der Waals surface area contributed by atoms with Gasteiger partial charge < -0.3 is 15.6 Å². The third kappa shape index (κ3) is 6.06. The first-order valence-corrected chi connectivity index (χ1v) is 8.96. The first-order valence-electron chi connectivity index (χ1n) is 8.96. The molecule has 2 aromatic rings. The number of carbonyl (C=O) groups excluding carboxylic acids is 2. The monoisotopic (exact) mass is 370 g/mol. The third-order valence-electron chi connectivity index (χ3n) is 4.39. The van der Waals surface area contributed by atoms with E-state index < -0.39 is 0 Å². The molecule has 0 atom stereocenters. The fraction of sp³-hybridized carbons (Fsp3) is 0.400. The normalized spacial score (nSPS) is 10.5. The maximum atomic E-state index is 12.0. The van der Waals surface area contributed by atoms with Crippen molar-refractivity contribution in [1.29, 1.82) is 0 Å².